The molecule has 3 rings (SSSR count). The third kappa shape index (κ3) is 4.04. The van der Waals surface area contributed by atoms with Gasteiger partial charge >= 0.3 is 0 Å². The average Bonchev–Trinajstić information content (AvgIpc) is 2.97. The van der Waals surface area contributed by atoms with Crippen LogP contribution >= 0.6 is 22.9 Å². The lowest BCUT2D eigenvalue weighted by Crippen LogP contribution is -2.11. The van der Waals surface area contributed by atoms with Crippen molar-refractivity contribution < 1.29 is 9.53 Å². The number of aromatic nitrogens is 1. The van der Waals surface area contributed by atoms with Gasteiger partial charge in [-0.2, -0.15) is 0 Å². The number of carbonyl (C=O) groups excluding carboxylic acids is 1. The number of anilines is 1. The minimum atomic E-state index is -0.194. The van der Waals surface area contributed by atoms with Crippen LogP contribution in [-0.2, 0) is 0 Å². The second-order valence-electron chi connectivity index (χ2n) is 5.31. The molecule has 124 valence electrons. The number of hydrogen-bond donors (Lipinski definition) is 1. The van der Waals surface area contributed by atoms with E-state index in [1.807, 2.05) is 24.3 Å². The van der Waals surface area contributed by atoms with E-state index in [1.165, 1.54) is 11.3 Å². The molecule has 0 aliphatic rings. The molecular formula is C18H17ClN2O2S. The van der Waals surface area contributed by atoms with Crippen molar-refractivity contribution in [2.24, 2.45) is 0 Å². The molecule has 1 amide bonds. The van der Waals surface area contributed by atoms with Gasteiger partial charge in [-0.3, -0.25) is 10.1 Å². The fraction of sp³-hybridized carbons (Fsp3) is 0.222. The summed E-state index contributed by atoms with van der Waals surface area (Å²) in [5.74, 6) is 0.579. The number of hydrogen-bond acceptors (Lipinski definition) is 4. The summed E-state index contributed by atoms with van der Waals surface area (Å²) in [5.41, 5.74) is 1.38. The third-order valence-corrected chi connectivity index (χ3v) is 4.62. The summed E-state index contributed by atoms with van der Waals surface area (Å²) in [6.07, 6.45) is 2.11. The number of nitrogens with zero attached hydrogens (tertiary/aromatic N) is 1. The second-order valence-corrected chi connectivity index (χ2v) is 6.78. The monoisotopic (exact) mass is 360 g/mol. The number of fused-ring (bicyclic) bond motifs is 1. The molecule has 24 heavy (non-hydrogen) atoms. The van der Waals surface area contributed by atoms with E-state index in [4.69, 9.17) is 16.3 Å². The van der Waals surface area contributed by atoms with Crippen LogP contribution in [0.5, 0.6) is 5.75 Å². The molecule has 2 aromatic carbocycles. The Morgan fingerprint density at radius 2 is 2.04 bits per heavy atom. The van der Waals surface area contributed by atoms with Crippen molar-refractivity contribution in [2.45, 2.75) is 19.8 Å². The summed E-state index contributed by atoms with van der Waals surface area (Å²) in [6, 6.07) is 12.6. The van der Waals surface area contributed by atoms with Gasteiger partial charge in [-0.15, -0.1) is 0 Å². The fourth-order valence-electron chi connectivity index (χ4n) is 2.16. The predicted molar refractivity (Wildman–Crippen MR) is 99.4 cm³/mol. The number of carbonyl (C=O) groups is 1. The van der Waals surface area contributed by atoms with Crippen LogP contribution in [0.4, 0.5) is 5.13 Å². The molecule has 0 saturated carbocycles. The molecule has 0 bridgehead atoms. The van der Waals surface area contributed by atoms with Gasteiger partial charge in [-0.05, 0) is 48.9 Å². The van der Waals surface area contributed by atoms with Gasteiger partial charge in [-0.25, -0.2) is 4.98 Å². The summed E-state index contributed by atoms with van der Waals surface area (Å²) < 4.78 is 6.54. The molecule has 3 aromatic rings. The van der Waals surface area contributed by atoms with E-state index in [1.54, 1.807) is 18.2 Å². The van der Waals surface area contributed by atoms with E-state index in [0.717, 1.165) is 28.8 Å². The van der Waals surface area contributed by atoms with Crippen molar-refractivity contribution in [2.75, 3.05) is 11.9 Å². The first-order valence-corrected chi connectivity index (χ1v) is 8.95. The lowest BCUT2D eigenvalue weighted by Gasteiger charge is -2.06. The topological polar surface area (TPSA) is 51.2 Å². The van der Waals surface area contributed by atoms with Crippen LogP contribution < -0.4 is 10.1 Å². The zero-order valence-electron chi connectivity index (χ0n) is 13.2. The maximum atomic E-state index is 12.3. The Bertz CT molecular complexity index is 846. The minimum absolute atomic E-state index is 0.194. The number of ether oxygens (including phenoxy) is 1. The maximum Gasteiger partial charge on any atom is 0.257 e. The fourth-order valence-corrected chi connectivity index (χ4v) is 3.30. The zero-order valence-corrected chi connectivity index (χ0v) is 14.8. The van der Waals surface area contributed by atoms with Gasteiger partial charge < -0.3 is 4.74 Å². The molecule has 4 nitrogen and oxygen atoms in total. The summed E-state index contributed by atoms with van der Waals surface area (Å²) >= 11 is 7.37. The summed E-state index contributed by atoms with van der Waals surface area (Å²) in [4.78, 5) is 16.7. The van der Waals surface area contributed by atoms with Crippen molar-refractivity contribution in [3.05, 3.63) is 53.1 Å². The van der Waals surface area contributed by atoms with Crippen molar-refractivity contribution in [1.29, 1.82) is 0 Å². The van der Waals surface area contributed by atoms with Gasteiger partial charge in [0.1, 0.15) is 5.75 Å². The highest BCUT2D eigenvalue weighted by atomic mass is 35.5. The van der Waals surface area contributed by atoms with E-state index < -0.39 is 0 Å². The van der Waals surface area contributed by atoms with Crippen molar-refractivity contribution in [3.63, 3.8) is 0 Å². The Morgan fingerprint density at radius 1 is 1.25 bits per heavy atom. The van der Waals surface area contributed by atoms with Crippen molar-refractivity contribution in [1.82, 2.24) is 4.98 Å². The number of halogens is 1. The summed E-state index contributed by atoms with van der Waals surface area (Å²) in [7, 11) is 0. The van der Waals surface area contributed by atoms with Gasteiger partial charge in [0.25, 0.3) is 5.91 Å². The highest BCUT2D eigenvalue weighted by Gasteiger charge is 2.10. The van der Waals surface area contributed by atoms with Crippen LogP contribution in [0.1, 0.15) is 30.1 Å². The largest absolute Gasteiger partial charge is 0.494 e. The van der Waals surface area contributed by atoms with Crippen LogP contribution in [0.3, 0.4) is 0 Å². The molecule has 1 aromatic heterocycles. The van der Waals surface area contributed by atoms with E-state index in [-0.39, 0.29) is 5.91 Å². The number of rotatable bonds is 6. The first-order valence-electron chi connectivity index (χ1n) is 7.76. The predicted octanol–water partition coefficient (Wildman–Crippen LogP) is 5.38. The van der Waals surface area contributed by atoms with E-state index >= 15 is 0 Å². The molecule has 0 aliphatic heterocycles. The van der Waals surface area contributed by atoms with Gasteiger partial charge in [0.05, 0.1) is 16.8 Å². The number of thiazole rings is 1. The Kier molecular flexibility index (Phi) is 5.33. The summed E-state index contributed by atoms with van der Waals surface area (Å²) in [5, 5.41) is 4.03. The molecule has 0 spiro atoms. The van der Waals surface area contributed by atoms with Gasteiger partial charge in [0, 0.05) is 10.6 Å². The van der Waals surface area contributed by atoms with Crippen molar-refractivity contribution in [3.8, 4) is 5.75 Å². The third-order valence-electron chi connectivity index (χ3n) is 3.45. The van der Waals surface area contributed by atoms with Gasteiger partial charge in [0.2, 0.25) is 0 Å². The number of nitrogens with one attached hydrogen (secondary N) is 1. The van der Waals surface area contributed by atoms with Crippen LogP contribution in [0, 0.1) is 0 Å². The lowest BCUT2D eigenvalue weighted by molar-refractivity contribution is 0.102. The molecule has 0 fully saturated rings. The molecule has 0 saturated heterocycles. The minimum Gasteiger partial charge on any atom is -0.494 e. The van der Waals surface area contributed by atoms with E-state index in [0.29, 0.717) is 22.3 Å². The molecule has 0 aliphatic carbocycles. The van der Waals surface area contributed by atoms with Crippen LogP contribution in [0.15, 0.2) is 42.5 Å². The Hall–Kier alpha value is -2.11. The molecule has 0 unspecified atom stereocenters. The first-order chi connectivity index (χ1) is 11.7. The molecular weight excluding hydrogens is 344 g/mol. The van der Waals surface area contributed by atoms with Crippen LogP contribution in [-0.4, -0.2) is 17.5 Å². The van der Waals surface area contributed by atoms with Gasteiger partial charge in [-0.1, -0.05) is 36.3 Å². The van der Waals surface area contributed by atoms with Crippen LogP contribution in [0.2, 0.25) is 5.02 Å². The van der Waals surface area contributed by atoms with E-state index in [2.05, 4.69) is 17.2 Å². The Morgan fingerprint density at radius 3 is 2.79 bits per heavy atom. The maximum absolute atomic E-state index is 12.3. The molecule has 0 atom stereocenters. The molecule has 1 heterocycles. The number of benzene rings is 2. The standard InChI is InChI=1S/C18H17ClN2O2S/c1-2-3-10-23-14-7-4-12(5-8-14)17(22)21-18-20-15-9-6-13(19)11-16(15)24-18/h4-9,11H,2-3,10H2,1H3,(H,20,21,22). The first kappa shape index (κ1) is 16.7. The second kappa shape index (κ2) is 7.64. The Labute approximate surface area is 149 Å². The zero-order chi connectivity index (χ0) is 16.9. The normalized spacial score (nSPS) is 10.8. The Balaban J connectivity index is 1.67. The summed E-state index contributed by atoms with van der Waals surface area (Å²) in [6.45, 7) is 2.81. The average molecular weight is 361 g/mol. The number of unbranched alkanes of at least 4 members (excludes halogenated alkanes) is 1. The number of amides is 1. The van der Waals surface area contributed by atoms with Crippen molar-refractivity contribution >= 4 is 44.2 Å². The highest BCUT2D eigenvalue weighted by molar-refractivity contribution is 7.22. The molecule has 6 heteroatoms. The quantitative estimate of drug-likeness (QED) is 0.600. The van der Waals surface area contributed by atoms with Crippen LogP contribution in [0.25, 0.3) is 10.2 Å². The van der Waals surface area contributed by atoms with Gasteiger partial charge in [0.15, 0.2) is 5.13 Å². The smallest absolute Gasteiger partial charge is 0.257 e. The SMILES string of the molecule is CCCCOc1ccc(C(=O)Nc2nc3ccc(Cl)cc3s2)cc1. The lowest BCUT2D eigenvalue weighted by atomic mass is 10.2. The van der Waals surface area contributed by atoms with E-state index in [9.17, 15) is 4.79 Å². The molecule has 1 N–H and O–H groups in total. The highest BCUT2D eigenvalue weighted by Crippen LogP contribution is 2.28. The molecule has 0 radical (unpaired) electrons.